The number of carbonyl (C=O) groups excluding carboxylic acids is 1. The van der Waals surface area contributed by atoms with Crippen LogP contribution in [-0.2, 0) is 16.0 Å². The van der Waals surface area contributed by atoms with Crippen LogP contribution in [0.4, 0.5) is 0 Å². The zero-order valence-corrected chi connectivity index (χ0v) is 11.4. The van der Waals surface area contributed by atoms with Crippen LogP contribution < -0.4 is 0 Å². The highest BCUT2D eigenvalue weighted by molar-refractivity contribution is 9.10. The fraction of sp³-hybridized carbons (Fsp3) is 0.385. The van der Waals surface area contributed by atoms with Crippen molar-refractivity contribution in [2.24, 2.45) is 5.92 Å². The van der Waals surface area contributed by atoms with E-state index in [0.717, 1.165) is 10.0 Å². The van der Waals surface area contributed by atoms with E-state index in [1.54, 1.807) is 4.90 Å². The van der Waals surface area contributed by atoms with E-state index in [2.05, 4.69) is 15.9 Å². The first-order valence-electron chi connectivity index (χ1n) is 5.81. The van der Waals surface area contributed by atoms with Crippen LogP contribution in [0.25, 0.3) is 0 Å². The SMILES string of the molecule is O=C(O)[C@H]1CCN(C(=O)Cc2cccc(Br)c2)C1. The van der Waals surface area contributed by atoms with Crippen LogP contribution in [0.5, 0.6) is 0 Å². The van der Waals surface area contributed by atoms with Crippen LogP contribution in [0.1, 0.15) is 12.0 Å². The van der Waals surface area contributed by atoms with Crippen molar-refractivity contribution in [3.63, 3.8) is 0 Å². The maximum Gasteiger partial charge on any atom is 0.308 e. The van der Waals surface area contributed by atoms with Crippen LogP contribution in [0.3, 0.4) is 0 Å². The Kier molecular flexibility index (Phi) is 4.01. The Bertz CT molecular complexity index is 475. The summed E-state index contributed by atoms with van der Waals surface area (Å²) in [5.74, 6) is -1.22. The van der Waals surface area contributed by atoms with Gasteiger partial charge in [-0.15, -0.1) is 0 Å². The van der Waals surface area contributed by atoms with E-state index in [0.29, 0.717) is 25.9 Å². The molecule has 1 aliphatic heterocycles. The normalized spacial score (nSPS) is 18.9. The number of carboxylic acid groups (broad SMARTS) is 1. The van der Waals surface area contributed by atoms with Gasteiger partial charge in [-0.05, 0) is 24.1 Å². The number of likely N-dealkylation sites (tertiary alicyclic amines) is 1. The number of aliphatic carboxylic acids is 1. The Labute approximate surface area is 114 Å². The van der Waals surface area contributed by atoms with Gasteiger partial charge in [0, 0.05) is 17.6 Å². The molecule has 2 rings (SSSR count). The fourth-order valence-corrected chi connectivity index (χ4v) is 2.57. The van der Waals surface area contributed by atoms with Gasteiger partial charge < -0.3 is 10.0 Å². The molecule has 0 spiro atoms. The lowest BCUT2D eigenvalue weighted by Crippen LogP contribution is -2.31. The summed E-state index contributed by atoms with van der Waals surface area (Å²) in [4.78, 5) is 24.5. The highest BCUT2D eigenvalue weighted by Crippen LogP contribution is 2.18. The van der Waals surface area contributed by atoms with E-state index in [4.69, 9.17) is 5.11 Å². The van der Waals surface area contributed by atoms with Gasteiger partial charge in [0.1, 0.15) is 0 Å². The van der Waals surface area contributed by atoms with E-state index < -0.39 is 11.9 Å². The lowest BCUT2D eigenvalue weighted by molar-refractivity contribution is -0.141. The summed E-state index contributed by atoms with van der Waals surface area (Å²) in [5, 5.41) is 8.89. The standard InChI is InChI=1S/C13H14BrNO3/c14-11-3-1-2-9(6-11)7-12(16)15-5-4-10(8-15)13(17)18/h1-3,6,10H,4-5,7-8H2,(H,17,18)/t10-/m0/s1. The zero-order chi connectivity index (χ0) is 13.1. The molecule has 0 bridgehead atoms. The Balaban J connectivity index is 1.95. The van der Waals surface area contributed by atoms with Gasteiger partial charge in [0.25, 0.3) is 0 Å². The molecule has 0 unspecified atom stereocenters. The maximum absolute atomic E-state index is 12.0. The molecule has 18 heavy (non-hydrogen) atoms. The zero-order valence-electron chi connectivity index (χ0n) is 9.80. The average molecular weight is 312 g/mol. The number of hydrogen-bond donors (Lipinski definition) is 1. The van der Waals surface area contributed by atoms with Gasteiger partial charge in [-0.1, -0.05) is 28.1 Å². The van der Waals surface area contributed by atoms with Crippen LogP contribution in [0.15, 0.2) is 28.7 Å². The lowest BCUT2D eigenvalue weighted by Gasteiger charge is -2.15. The van der Waals surface area contributed by atoms with Gasteiger partial charge in [0.2, 0.25) is 5.91 Å². The summed E-state index contributed by atoms with van der Waals surface area (Å²) in [6, 6.07) is 7.59. The van der Waals surface area contributed by atoms with Gasteiger partial charge in [0.05, 0.1) is 12.3 Å². The number of nitrogens with zero attached hydrogens (tertiary/aromatic N) is 1. The van der Waals surface area contributed by atoms with Crippen LogP contribution in [0.2, 0.25) is 0 Å². The fourth-order valence-electron chi connectivity index (χ4n) is 2.12. The molecule has 1 atom stereocenters. The van der Waals surface area contributed by atoms with Crippen molar-refractivity contribution in [3.8, 4) is 0 Å². The van der Waals surface area contributed by atoms with E-state index in [-0.39, 0.29) is 5.91 Å². The number of carboxylic acids is 1. The monoisotopic (exact) mass is 311 g/mol. The summed E-state index contributed by atoms with van der Waals surface area (Å²) >= 11 is 3.36. The molecule has 0 aliphatic carbocycles. The van der Waals surface area contributed by atoms with Gasteiger partial charge in [0.15, 0.2) is 0 Å². The van der Waals surface area contributed by atoms with E-state index in [9.17, 15) is 9.59 Å². The molecule has 0 saturated carbocycles. The third-order valence-electron chi connectivity index (χ3n) is 3.13. The molecule has 1 aliphatic rings. The van der Waals surface area contributed by atoms with Crippen LogP contribution >= 0.6 is 15.9 Å². The first kappa shape index (κ1) is 13.1. The number of halogens is 1. The highest BCUT2D eigenvalue weighted by atomic mass is 79.9. The van der Waals surface area contributed by atoms with Gasteiger partial charge >= 0.3 is 5.97 Å². The van der Waals surface area contributed by atoms with Crippen molar-refractivity contribution in [2.45, 2.75) is 12.8 Å². The quantitative estimate of drug-likeness (QED) is 0.928. The van der Waals surface area contributed by atoms with Gasteiger partial charge in [-0.2, -0.15) is 0 Å². The molecule has 1 aromatic carbocycles. The molecule has 96 valence electrons. The number of benzene rings is 1. The molecule has 1 N–H and O–H groups in total. The second-order valence-electron chi connectivity index (χ2n) is 4.47. The second kappa shape index (κ2) is 5.52. The number of hydrogen-bond acceptors (Lipinski definition) is 2. The molecule has 5 heteroatoms. The summed E-state index contributed by atoms with van der Waals surface area (Å²) in [6.45, 7) is 0.881. The molecule has 1 heterocycles. The van der Waals surface area contributed by atoms with E-state index in [1.807, 2.05) is 24.3 Å². The molecule has 4 nitrogen and oxygen atoms in total. The molecule has 1 fully saturated rings. The largest absolute Gasteiger partial charge is 0.481 e. The first-order chi connectivity index (χ1) is 8.56. The number of carbonyl (C=O) groups is 2. The van der Waals surface area contributed by atoms with Crippen molar-refractivity contribution in [1.82, 2.24) is 4.90 Å². The van der Waals surface area contributed by atoms with Gasteiger partial charge in [-0.25, -0.2) is 0 Å². The minimum atomic E-state index is -0.812. The maximum atomic E-state index is 12.0. The molecule has 0 aromatic heterocycles. The number of rotatable bonds is 3. The Morgan fingerprint density at radius 3 is 2.83 bits per heavy atom. The van der Waals surface area contributed by atoms with Gasteiger partial charge in [-0.3, -0.25) is 9.59 Å². The first-order valence-corrected chi connectivity index (χ1v) is 6.60. The molecular formula is C13H14BrNO3. The van der Waals surface area contributed by atoms with E-state index >= 15 is 0 Å². The molecule has 1 saturated heterocycles. The number of amides is 1. The Hall–Kier alpha value is -1.36. The molecule has 0 radical (unpaired) electrons. The topological polar surface area (TPSA) is 57.6 Å². The second-order valence-corrected chi connectivity index (χ2v) is 5.39. The predicted octanol–water partition coefficient (Wildman–Crippen LogP) is 1.92. The molecule has 1 aromatic rings. The predicted molar refractivity (Wildman–Crippen MR) is 70.2 cm³/mol. The van der Waals surface area contributed by atoms with Crippen LogP contribution in [0, 0.1) is 5.92 Å². The third kappa shape index (κ3) is 3.10. The Morgan fingerprint density at radius 1 is 1.44 bits per heavy atom. The molecule has 1 amide bonds. The minimum absolute atomic E-state index is 0.00292. The highest BCUT2D eigenvalue weighted by Gasteiger charge is 2.30. The van der Waals surface area contributed by atoms with Crippen molar-refractivity contribution >= 4 is 27.8 Å². The summed E-state index contributed by atoms with van der Waals surface area (Å²) in [7, 11) is 0. The molecular weight excluding hydrogens is 298 g/mol. The average Bonchev–Trinajstić information content (AvgIpc) is 2.78. The summed E-state index contributed by atoms with van der Waals surface area (Å²) in [6.07, 6.45) is 0.880. The van der Waals surface area contributed by atoms with Crippen LogP contribution in [-0.4, -0.2) is 35.0 Å². The van der Waals surface area contributed by atoms with E-state index in [1.165, 1.54) is 0 Å². The summed E-state index contributed by atoms with van der Waals surface area (Å²) in [5.41, 5.74) is 0.938. The van der Waals surface area contributed by atoms with Crippen molar-refractivity contribution in [3.05, 3.63) is 34.3 Å². The van der Waals surface area contributed by atoms with Crippen molar-refractivity contribution in [2.75, 3.05) is 13.1 Å². The van der Waals surface area contributed by atoms with Crippen molar-refractivity contribution < 1.29 is 14.7 Å². The lowest BCUT2D eigenvalue weighted by atomic mass is 10.1. The third-order valence-corrected chi connectivity index (χ3v) is 3.63. The Morgan fingerprint density at radius 2 is 2.22 bits per heavy atom. The van der Waals surface area contributed by atoms with Crippen molar-refractivity contribution in [1.29, 1.82) is 0 Å². The summed E-state index contributed by atoms with van der Waals surface area (Å²) < 4.78 is 0.942. The minimum Gasteiger partial charge on any atom is -0.481 e. The smallest absolute Gasteiger partial charge is 0.308 e.